The summed E-state index contributed by atoms with van der Waals surface area (Å²) in [6, 6.07) is 1.45. The van der Waals surface area contributed by atoms with Gasteiger partial charge in [-0.25, -0.2) is 0 Å². The van der Waals surface area contributed by atoms with Crippen molar-refractivity contribution in [2.45, 2.75) is 72.4 Å². The van der Waals surface area contributed by atoms with Gasteiger partial charge in [0.25, 0.3) is 0 Å². The molecule has 2 unspecified atom stereocenters. The molecule has 1 fully saturated rings. The predicted molar refractivity (Wildman–Crippen MR) is 76.4 cm³/mol. The maximum atomic E-state index is 3.77. The minimum Gasteiger partial charge on any atom is -0.312 e. The van der Waals surface area contributed by atoms with Crippen LogP contribution in [-0.4, -0.2) is 36.6 Å². The lowest BCUT2D eigenvalue weighted by atomic mass is 9.72. The van der Waals surface area contributed by atoms with E-state index in [2.05, 4.69) is 44.8 Å². The van der Waals surface area contributed by atoms with E-state index in [0.717, 1.165) is 6.04 Å². The third-order valence-corrected chi connectivity index (χ3v) is 4.30. The van der Waals surface area contributed by atoms with Crippen LogP contribution in [0.15, 0.2) is 0 Å². The smallest absolute Gasteiger partial charge is 0.0254 e. The summed E-state index contributed by atoms with van der Waals surface area (Å²) in [5.74, 6) is 0. The van der Waals surface area contributed by atoms with Gasteiger partial charge < -0.3 is 5.32 Å². The zero-order valence-corrected chi connectivity index (χ0v) is 12.6. The van der Waals surface area contributed by atoms with E-state index in [1.807, 2.05) is 0 Å². The monoisotopic (exact) mass is 240 g/mol. The number of hydrogen-bond donors (Lipinski definition) is 1. The highest BCUT2D eigenvalue weighted by atomic mass is 15.2. The molecule has 0 bridgehead atoms. The van der Waals surface area contributed by atoms with Crippen molar-refractivity contribution in [1.82, 2.24) is 10.2 Å². The topological polar surface area (TPSA) is 15.3 Å². The summed E-state index contributed by atoms with van der Waals surface area (Å²) < 4.78 is 0. The summed E-state index contributed by atoms with van der Waals surface area (Å²) >= 11 is 0. The van der Waals surface area contributed by atoms with Gasteiger partial charge in [-0.15, -0.1) is 0 Å². The zero-order valence-electron chi connectivity index (χ0n) is 12.6. The average Bonchev–Trinajstić information content (AvgIpc) is 2.29. The summed E-state index contributed by atoms with van der Waals surface area (Å²) in [7, 11) is 0. The lowest BCUT2D eigenvalue weighted by Crippen LogP contribution is -2.54. The molecular formula is C15H32N2. The van der Waals surface area contributed by atoms with Crippen LogP contribution in [0.4, 0.5) is 0 Å². The van der Waals surface area contributed by atoms with E-state index in [9.17, 15) is 0 Å². The molecule has 0 saturated heterocycles. The van der Waals surface area contributed by atoms with Gasteiger partial charge in [-0.05, 0) is 50.7 Å². The Labute approximate surface area is 108 Å². The summed E-state index contributed by atoms with van der Waals surface area (Å²) in [5, 5.41) is 3.77. The molecular weight excluding hydrogens is 208 g/mol. The average molecular weight is 240 g/mol. The highest BCUT2D eigenvalue weighted by Gasteiger charge is 2.36. The summed E-state index contributed by atoms with van der Waals surface area (Å²) in [6.07, 6.45) is 5.29. The molecule has 0 aromatic carbocycles. The SMILES string of the molecule is CCCNC1CCC(C)(C)CC1N(CC)CC. The Morgan fingerprint density at radius 3 is 2.35 bits per heavy atom. The first-order chi connectivity index (χ1) is 8.04. The zero-order chi connectivity index (χ0) is 12.9. The van der Waals surface area contributed by atoms with Crippen molar-refractivity contribution < 1.29 is 0 Å². The first-order valence-corrected chi connectivity index (χ1v) is 7.51. The summed E-state index contributed by atoms with van der Waals surface area (Å²) in [4.78, 5) is 2.65. The van der Waals surface area contributed by atoms with E-state index in [0.29, 0.717) is 11.5 Å². The molecule has 1 aliphatic rings. The minimum atomic E-state index is 0.525. The third kappa shape index (κ3) is 4.26. The van der Waals surface area contributed by atoms with E-state index < -0.39 is 0 Å². The molecule has 0 aromatic heterocycles. The van der Waals surface area contributed by atoms with Crippen molar-refractivity contribution >= 4 is 0 Å². The van der Waals surface area contributed by atoms with Crippen molar-refractivity contribution in [1.29, 1.82) is 0 Å². The van der Waals surface area contributed by atoms with Crippen LogP contribution < -0.4 is 5.32 Å². The number of hydrogen-bond acceptors (Lipinski definition) is 2. The standard InChI is InChI=1S/C15H32N2/c1-6-11-16-13-9-10-15(4,5)12-14(13)17(7-2)8-3/h13-14,16H,6-12H2,1-5H3. The third-order valence-electron chi connectivity index (χ3n) is 4.30. The molecule has 0 spiro atoms. The predicted octanol–water partition coefficient (Wildman–Crippen LogP) is 3.28. The highest BCUT2D eigenvalue weighted by molar-refractivity contribution is 4.94. The molecule has 1 saturated carbocycles. The summed E-state index contributed by atoms with van der Waals surface area (Å²) in [6.45, 7) is 15.2. The van der Waals surface area contributed by atoms with E-state index in [1.54, 1.807) is 0 Å². The molecule has 0 amide bonds. The fourth-order valence-electron chi connectivity index (χ4n) is 3.19. The largest absolute Gasteiger partial charge is 0.312 e. The second-order valence-electron chi connectivity index (χ2n) is 6.26. The van der Waals surface area contributed by atoms with E-state index in [-0.39, 0.29) is 0 Å². The van der Waals surface area contributed by atoms with Crippen LogP contribution in [0, 0.1) is 5.41 Å². The molecule has 1 aliphatic carbocycles. The quantitative estimate of drug-likeness (QED) is 0.766. The lowest BCUT2D eigenvalue weighted by molar-refractivity contribution is 0.0717. The second-order valence-corrected chi connectivity index (χ2v) is 6.26. The first kappa shape index (κ1) is 15.0. The van der Waals surface area contributed by atoms with Crippen LogP contribution in [0.2, 0.25) is 0 Å². The fraction of sp³-hybridized carbons (Fsp3) is 1.00. The molecule has 1 rings (SSSR count). The molecule has 2 atom stereocenters. The van der Waals surface area contributed by atoms with Gasteiger partial charge in [0.05, 0.1) is 0 Å². The van der Waals surface area contributed by atoms with Gasteiger partial charge in [-0.2, -0.15) is 0 Å². The van der Waals surface area contributed by atoms with Crippen molar-refractivity contribution in [3.05, 3.63) is 0 Å². The Morgan fingerprint density at radius 2 is 1.82 bits per heavy atom. The fourth-order valence-corrected chi connectivity index (χ4v) is 3.19. The van der Waals surface area contributed by atoms with Crippen molar-refractivity contribution in [2.75, 3.05) is 19.6 Å². The Bertz CT molecular complexity index is 209. The van der Waals surface area contributed by atoms with Crippen LogP contribution in [0.3, 0.4) is 0 Å². The first-order valence-electron chi connectivity index (χ1n) is 7.51. The number of nitrogens with zero attached hydrogens (tertiary/aromatic N) is 1. The van der Waals surface area contributed by atoms with Crippen LogP contribution in [0.5, 0.6) is 0 Å². The van der Waals surface area contributed by atoms with E-state index in [4.69, 9.17) is 0 Å². The Hall–Kier alpha value is -0.0800. The molecule has 2 nitrogen and oxygen atoms in total. The second kappa shape index (κ2) is 6.75. The number of nitrogens with one attached hydrogen (secondary N) is 1. The van der Waals surface area contributed by atoms with E-state index >= 15 is 0 Å². The maximum absolute atomic E-state index is 3.77. The lowest BCUT2D eigenvalue weighted by Gasteiger charge is -2.46. The van der Waals surface area contributed by atoms with Crippen molar-refractivity contribution in [2.24, 2.45) is 5.41 Å². The van der Waals surface area contributed by atoms with Crippen LogP contribution in [0.1, 0.15) is 60.3 Å². The molecule has 102 valence electrons. The highest BCUT2D eigenvalue weighted by Crippen LogP contribution is 2.37. The Balaban J connectivity index is 2.67. The number of rotatable bonds is 6. The van der Waals surface area contributed by atoms with Gasteiger partial charge in [-0.3, -0.25) is 4.90 Å². The molecule has 0 radical (unpaired) electrons. The van der Waals surface area contributed by atoms with Gasteiger partial charge in [0.1, 0.15) is 0 Å². The van der Waals surface area contributed by atoms with Gasteiger partial charge in [0, 0.05) is 12.1 Å². The molecule has 2 heteroatoms. The molecule has 0 aromatic rings. The normalized spacial score (nSPS) is 28.6. The van der Waals surface area contributed by atoms with Crippen LogP contribution in [0.25, 0.3) is 0 Å². The van der Waals surface area contributed by atoms with Crippen LogP contribution in [-0.2, 0) is 0 Å². The maximum Gasteiger partial charge on any atom is 0.0254 e. The van der Waals surface area contributed by atoms with Crippen molar-refractivity contribution in [3.8, 4) is 0 Å². The molecule has 0 heterocycles. The van der Waals surface area contributed by atoms with Gasteiger partial charge >= 0.3 is 0 Å². The molecule has 17 heavy (non-hydrogen) atoms. The summed E-state index contributed by atoms with van der Waals surface area (Å²) in [5.41, 5.74) is 0.525. The minimum absolute atomic E-state index is 0.525. The van der Waals surface area contributed by atoms with Gasteiger partial charge in [0.2, 0.25) is 0 Å². The van der Waals surface area contributed by atoms with Crippen molar-refractivity contribution in [3.63, 3.8) is 0 Å². The number of likely N-dealkylation sites (N-methyl/N-ethyl adjacent to an activating group) is 1. The van der Waals surface area contributed by atoms with Crippen LogP contribution >= 0.6 is 0 Å². The van der Waals surface area contributed by atoms with E-state index in [1.165, 1.54) is 45.3 Å². The molecule has 0 aliphatic heterocycles. The Kier molecular flexibility index (Phi) is 5.94. The van der Waals surface area contributed by atoms with Gasteiger partial charge in [-0.1, -0.05) is 34.6 Å². The Morgan fingerprint density at radius 1 is 1.18 bits per heavy atom. The molecule has 1 N–H and O–H groups in total. The van der Waals surface area contributed by atoms with Gasteiger partial charge in [0.15, 0.2) is 0 Å².